The zero-order valence-corrected chi connectivity index (χ0v) is 14.4. The molecule has 0 radical (unpaired) electrons. The van der Waals surface area contributed by atoms with E-state index < -0.39 is 10.0 Å². The number of hydrogen-bond donors (Lipinski definition) is 1. The fraction of sp³-hybridized carbons (Fsp3) is 0.214. The first-order valence-electron chi connectivity index (χ1n) is 6.32. The van der Waals surface area contributed by atoms with Crippen LogP contribution in [0.3, 0.4) is 0 Å². The van der Waals surface area contributed by atoms with Gasteiger partial charge in [-0.2, -0.15) is 0 Å². The van der Waals surface area contributed by atoms with Gasteiger partial charge in [-0.1, -0.05) is 17.7 Å². The lowest BCUT2D eigenvalue weighted by Crippen LogP contribution is -2.25. The molecule has 0 aliphatic rings. The fourth-order valence-electron chi connectivity index (χ4n) is 1.89. The average Bonchev–Trinajstić information content (AvgIpc) is 2.81. The van der Waals surface area contributed by atoms with Gasteiger partial charge >= 0.3 is 0 Å². The standard InChI is InChI=1S/C14H15ClN2O3S2/c1-17(9-12-6-7-13(15)21-12)14(18)10-4-3-5-11(8-10)16-22(2,19)20/h3-8,16H,9H2,1-2H3. The number of amides is 1. The van der Waals surface area contributed by atoms with Crippen LogP contribution in [-0.4, -0.2) is 32.5 Å². The predicted molar refractivity (Wildman–Crippen MR) is 90.0 cm³/mol. The van der Waals surface area contributed by atoms with Crippen molar-refractivity contribution in [2.45, 2.75) is 6.54 Å². The summed E-state index contributed by atoms with van der Waals surface area (Å²) in [5.41, 5.74) is 0.778. The van der Waals surface area contributed by atoms with Crippen LogP contribution in [0.2, 0.25) is 4.34 Å². The highest BCUT2D eigenvalue weighted by molar-refractivity contribution is 7.92. The number of anilines is 1. The lowest BCUT2D eigenvalue weighted by atomic mass is 10.2. The smallest absolute Gasteiger partial charge is 0.253 e. The predicted octanol–water partition coefficient (Wildman–Crippen LogP) is 3.05. The quantitative estimate of drug-likeness (QED) is 0.893. The summed E-state index contributed by atoms with van der Waals surface area (Å²) in [6.07, 6.45) is 1.06. The molecule has 22 heavy (non-hydrogen) atoms. The van der Waals surface area contributed by atoms with Crippen molar-refractivity contribution in [1.29, 1.82) is 0 Å². The van der Waals surface area contributed by atoms with Crippen molar-refractivity contribution < 1.29 is 13.2 Å². The fourth-order valence-corrected chi connectivity index (χ4v) is 3.59. The van der Waals surface area contributed by atoms with Crippen molar-refractivity contribution in [3.8, 4) is 0 Å². The second-order valence-corrected chi connectivity index (χ2v) is 8.37. The molecule has 1 aromatic carbocycles. The highest BCUT2D eigenvalue weighted by Gasteiger charge is 2.14. The van der Waals surface area contributed by atoms with Crippen LogP contribution in [-0.2, 0) is 16.6 Å². The van der Waals surface area contributed by atoms with E-state index in [-0.39, 0.29) is 5.91 Å². The van der Waals surface area contributed by atoms with Gasteiger partial charge in [-0.15, -0.1) is 11.3 Å². The summed E-state index contributed by atoms with van der Waals surface area (Å²) in [5.74, 6) is -0.193. The minimum atomic E-state index is -3.37. The molecule has 5 nitrogen and oxygen atoms in total. The number of carbonyl (C=O) groups excluding carboxylic acids is 1. The summed E-state index contributed by atoms with van der Waals surface area (Å²) in [5, 5.41) is 0. The zero-order chi connectivity index (χ0) is 16.3. The Balaban J connectivity index is 2.13. The lowest BCUT2D eigenvalue weighted by molar-refractivity contribution is 0.0786. The summed E-state index contributed by atoms with van der Waals surface area (Å²) in [6.45, 7) is 0.444. The third kappa shape index (κ3) is 4.72. The van der Waals surface area contributed by atoms with Crippen molar-refractivity contribution in [2.75, 3.05) is 18.0 Å². The van der Waals surface area contributed by atoms with Crippen molar-refractivity contribution >= 4 is 44.6 Å². The Morgan fingerprint density at radius 1 is 1.32 bits per heavy atom. The Labute approximate surface area is 138 Å². The van der Waals surface area contributed by atoms with Crippen LogP contribution in [0.25, 0.3) is 0 Å². The van der Waals surface area contributed by atoms with Gasteiger partial charge in [0, 0.05) is 23.2 Å². The van der Waals surface area contributed by atoms with Crippen LogP contribution in [0.15, 0.2) is 36.4 Å². The van der Waals surface area contributed by atoms with Crippen molar-refractivity contribution in [2.24, 2.45) is 0 Å². The minimum Gasteiger partial charge on any atom is -0.337 e. The number of nitrogens with one attached hydrogen (secondary N) is 1. The SMILES string of the molecule is CN(Cc1ccc(Cl)s1)C(=O)c1cccc(NS(C)(=O)=O)c1. The zero-order valence-electron chi connectivity index (χ0n) is 12.0. The second-order valence-electron chi connectivity index (χ2n) is 4.82. The monoisotopic (exact) mass is 358 g/mol. The van der Waals surface area contributed by atoms with Crippen molar-refractivity contribution in [3.05, 3.63) is 51.2 Å². The highest BCUT2D eigenvalue weighted by Crippen LogP contribution is 2.23. The molecule has 1 heterocycles. The van der Waals surface area contributed by atoms with Gasteiger partial charge in [0.25, 0.3) is 5.91 Å². The molecule has 0 aliphatic carbocycles. The van der Waals surface area contributed by atoms with E-state index in [4.69, 9.17) is 11.6 Å². The van der Waals surface area contributed by atoms with Gasteiger partial charge < -0.3 is 4.90 Å². The molecule has 0 fully saturated rings. The molecule has 0 spiro atoms. The van der Waals surface area contributed by atoms with Crippen LogP contribution in [0, 0.1) is 0 Å². The molecule has 2 aromatic rings. The molecule has 1 N–H and O–H groups in total. The van der Waals surface area contributed by atoms with E-state index in [2.05, 4.69) is 4.72 Å². The van der Waals surface area contributed by atoms with E-state index in [1.807, 2.05) is 6.07 Å². The van der Waals surface area contributed by atoms with Crippen molar-refractivity contribution in [3.63, 3.8) is 0 Å². The van der Waals surface area contributed by atoms with E-state index in [0.29, 0.717) is 22.1 Å². The molecule has 0 aliphatic heterocycles. The van der Waals surface area contributed by atoms with Crippen LogP contribution in [0.1, 0.15) is 15.2 Å². The number of carbonyl (C=O) groups is 1. The number of hydrogen-bond acceptors (Lipinski definition) is 4. The number of rotatable bonds is 5. The van der Waals surface area contributed by atoms with E-state index >= 15 is 0 Å². The molecule has 0 unspecified atom stereocenters. The topological polar surface area (TPSA) is 66.5 Å². The van der Waals surface area contributed by atoms with Crippen LogP contribution in [0.4, 0.5) is 5.69 Å². The Morgan fingerprint density at radius 3 is 2.64 bits per heavy atom. The third-order valence-electron chi connectivity index (χ3n) is 2.78. The molecule has 8 heteroatoms. The molecule has 0 bridgehead atoms. The maximum Gasteiger partial charge on any atom is 0.253 e. The molecule has 1 aromatic heterocycles. The maximum atomic E-state index is 12.4. The molecule has 1 amide bonds. The summed E-state index contributed by atoms with van der Waals surface area (Å²) in [6, 6.07) is 10.1. The molecule has 0 saturated carbocycles. The summed E-state index contributed by atoms with van der Waals surface area (Å²) < 4.78 is 25.5. The molecule has 0 saturated heterocycles. The molecule has 2 rings (SSSR count). The number of halogens is 1. The van der Waals surface area contributed by atoms with Gasteiger partial charge in [0.05, 0.1) is 17.1 Å². The normalized spacial score (nSPS) is 11.2. The Morgan fingerprint density at radius 2 is 2.05 bits per heavy atom. The van der Waals surface area contributed by atoms with Gasteiger partial charge in [-0.3, -0.25) is 9.52 Å². The van der Waals surface area contributed by atoms with Crippen molar-refractivity contribution in [1.82, 2.24) is 4.90 Å². The lowest BCUT2D eigenvalue weighted by Gasteiger charge is -2.16. The average molecular weight is 359 g/mol. The molecule has 0 atom stereocenters. The highest BCUT2D eigenvalue weighted by atomic mass is 35.5. The minimum absolute atomic E-state index is 0.193. The Kier molecular flexibility index (Phi) is 5.10. The largest absolute Gasteiger partial charge is 0.337 e. The molecular formula is C14H15ClN2O3S2. The first-order chi connectivity index (χ1) is 10.2. The van der Waals surface area contributed by atoms with E-state index in [9.17, 15) is 13.2 Å². The number of benzene rings is 1. The van der Waals surface area contributed by atoms with Crippen LogP contribution < -0.4 is 4.72 Å². The summed E-state index contributed by atoms with van der Waals surface area (Å²) in [7, 11) is -1.69. The maximum absolute atomic E-state index is 12.4. The first kappa shape index (κ1) is 16.8. The Hall–Kier alpha value is -1.57. The molecular weight excluding hydrogens is 344 g/mol. The van der Waals surface area contributed by atoms with Gasteiger partial charge in [0.1, 0.15) is 0 Å². The second kappa shape index (κ2) is 6.68. The summed E-state index contributed by atoms with van der Waals surface area (Å²) >= 11 is 7.29. The number of thiophene rings is 1. The van der Waals surface area contributed by atoms with Gasteiger partial charge in [0.15, 0.2) is 0 Å². The van der Waals surface area contributed by atoms with Gasteiger partial charge in [-0.25, -0.2) is 8.42 Å². The Bertz CT molecular complexity index is 787. The third-order valence-corrected chi connectivity index (χ3v) is 4.60. The van der Waals surface area contributed by atoms with E-state index in [0.717, 1.165) is 11.1 Å². The van der Waals surface area contributed by atoms with Crippen LogP contribution in [0.5, 0.6) is 0 Å². The first-order valence-corrected chi connectivity index (χ1v) is 9.41. The van der Waals surface area contributed by atoms with Gasteiger partial charge in [0.2, 0.25) is 10.0 Å². The van der Waals surface area contributed by atoms with Crippen LogP contribution >= 0.6 is 22.9 Å². The van der Waals surface area contributed by atoms with E-state index in [1.54, 1.807) is 36.2 Å². The summed E-state index contributed by atoms with van der Waals surface area (Å²) in [4.78, 5) is 14.9. The van der Waals surface area contributed by atoms with Gasteiger partial charge in [-0.05, 0) is 30.3 Å². The number of nitrogens with zero attached hydrogens (tertiary/aromatic N) is 1. The van der Waals surface area contributed by atoms with E-state index in [1.165, 1.54) is 17.4 Å². The molecule has 118 valence electrons. The number of sulfonamides is 1.